The number of nitro groups is 2. The molecule has 2 rings (SSSR count). The van der Waals surface area contributed by atoms with E-state index in [4.69, 9.17) is 4.74 Å². The van der Waals surface area contributed by atoms with Crippen LogP contribution in [0.25, 0.3) is 0 Å². The first-order chi connectivity index (χ1) is 10.8. The van der Waals surface area contributed by atoms with Crippen LogP contribution < -0.4 is 0 Å². The number of carbonyl (C=O) groups is 1. The summed E-state index contributed by atoms with van der Waals surface area (Å²) in [7, 11) is 0. The van der Waals surface area contributed by atoms with E-state index in [1.165, 1.54) is 0 Å². The van der Waals surface area contributed by atoms with E-state index < -0.39 is 32.8 Å². The highest BCUT2D eigenvalue weighted by atomic mass is 16.6. The van der Waals surface area contributed by atoms with Crippen molar-refractivity contribution in [2.75, 3.05) is 0 Å². The van der Waals surface area contributed by atoms with Crippen molar-refractivity contribution in [1.29, 1.82) is 0 Å². The van der Waals surface area contributed by atoms with Crippen LogP contribution >= 0.6 is 0 Å². The second-order valence-corrected chi connectivity index (χ2v) is 5.64. The molecule has 0 N–H and O–H groups in total. The van der Waals surface area contributed by atoms with Gasteiger partial charge in [0, 0.05) is 12.1 Å². The predicted molar refractivity (Wildman–Crippen MR) is 81.2 cm³/mol. The topological polar surface area (TPSA) is 113 Å². The van der Waals surface area contributed by atoms with E-state index in [0.717, 1.165) is 31.0 Å². The number of nitro benzene ring substituents is 2. The van der Waals surface area contributed by atoms with Crippen molar-refractivity contribution in [2.24, 2.45) is 0 Å². The fourth-order valence-corrected chi connectivity index (χ4v) is 2.45. The summed E-state index contributed by atoms with van der Waals surface area (Å²) in [5.74, 6) is -0.791. The highest BCUT2D eigenvalue weighted by molar-refractivity contribution is 5.91. The van der Waals surface area contributed by atoms with Crippen LogP contribution in [0.5, 0.6) is 0 Å². The summed E-state index contributed by atoms with van der Waals surface area (Å²) < 4.78 is 5.49. The Hall–Kier alpha value is -2.77. The molecule has 0 radical (unpaired) electrons. The Kier molecular flexibility index (Phi) is 4.73. The molecule has 122 valence electrons. The molecule has 0 aliphatic heterocycles. The maximum Gasteiger partial charge on any atom is 0.339 e. The second kappa shape index (κ2) is 6.55. The van der Waals surface area contributed by atoms with Gasteiger partial charge in [0.25, 0.3) is 11.4 Å². The van der Waals surface area contributed by atoms with E-state index in [2.05, 4.69) is 0 Å². The van der Waals surface area contributed by atoms with Gasteiger partial charge in [-0.3, -0.25) is 20.2 Å². The number of benzene rings is 1. The van der Waals surface area contributed by atoms with Gasteiger partial charge in [0.2, 0.25) is 0 Å². The number of hydrogen-bond acceptors (Lipinski definition) is 6. The lowest BCUT2D eigenvalue weighted by molar-refractivity contribution is -0.394. The van der Waals surface area contributed by atoms with Crippen LogP contribution in [-0.2, 0) is 4.74 Å². The lowest BCUT2D eigenvalue weighted by Crippen LogP contribution is -2.31. The van der Waals surface area contributed by atoms with Crippen molar-refractivity contribution < 1.29 is 19.4 Å². The number of ether oxygens (including phenoxy) is 1. The van der Waals surface area contributed by atoms with Gasteiger partial charge >= 0.3 is 5.97 Å². The van der Waals surface area contributed by atoms with Gasteiger partial charge in [0.1, 0.15) is 5.60 Å². The lowest BCUT2D eigenvalue weighted by atomic mass is 9.96. The van der Waals surface area contributed by atoms with Crippen molar-refractivity contribution >= 4 is 17.3 Å². The van der Waals surface area contributed by atoms with Gasteiger partial charge in [-0.05, 0) is 32.6 Å². The Balaban J connectivity index is 2.27. The van der Waals surface area contributed by atoms with Gasteiger partial charge < -0.3 is 4.74 Å². The minimum absolute atomic E-state index is 0.190. The third kappa shape index (κ3) is 4.12. The first-order valence-corrected chi connectivity index (χ1v) is 7.13. The molecule has 1 aromatic rings. The van der Waals surface area contributed by atoms with Gasteiger partial charge in [-0.25, -0.2) is 4.79 Å². The zero-order valence-electron chi connectivity index (χ0n) is 12.6. The average molecular weight is 320 g/mol. The summed E-state index contributed by atoms with van der Waals surface area (Å²) in [6, 6.07) is 2.80. The van der Waals surface area contributed by atoms with Crippen molar-refractivity contribution in [1.82, 2.24) is 0 Å². The number of esters is 1. The van der Waals surface area contributed by atoms with E-state index in [0.29, 0.717) is 12.8 Å². The van der Waals surface area contributed by atoms with Crippen molar-refractivity contribution in [2.45, 2.75) is 38.2 Å². The molecule has 1 aromatic carbocycles. The number of allylic oxidation sites excluding steroid dienone is 2. The van der Waals surface area contributed by atoms with Gasteiger partial charge in [-0.15, -0.1) is 0 Å². The molecule has 8 heteroatoms. The van der Waals surface area contributed by atoms with Crippen LogP contribution in [-0.4, -0.2) is 21.4 Å². The number of hydrogen-bond donors (Lipinski definition) is 0. The largest absolute Gasteiger partial charge is 0.456 e. The maximum atomic E-state index is 12.3. The molecule has 0 amide bonds. The van der Waals surface area contributed by atoms with E-state index in [9.17, 15) is 25.0 Å². The fraction of sp³-hybridized carbons (Fsp3) is 0.400. The molecule has 23 heavy (non-hydrogen) atoms. The number of rotatable bonds is 4. The molecule has 0 saturated carbocycles. The molecular weight excluding hydrogens is 304 g/mol. The van der Waals surface area contributed by atoms with Crippen LogP contribution in [0.2, 0.25) is 0 Å². The Morgan fingerprint density at radius 3 is 1.96 bits per heavy atom. The van der Waals surface area contributed by atoms with Crippen molar-refractivity contribution in [3.05, 3.63) is 56.1 Å². The number of nitrogens with zero attached hydrogens (tertiary/aromatic N) is 2. The maximum absolute atomic E-state index is 12.3. The van der Waals surface area contributed by atoms with E-state index in [1.807, 2.05) is 12.2 Å². The second-order valence-electron chi connectivity index (χ2n) is 5.64. The van der Waals surface area contributed by atoms with Gasteiger partial charge in [0.15, 0.2) is 0 Å². The molecule has 0 unspecified atom stereocenters. The third-order valence-electron chi connectivity index (χ3n) is 3.75. The van der Waals surface area contributed by atoms with Crippen LogP contribution in [0.15, 0.2) is 30.4 Å². The van der Waals surface area contributed by atoms with E-state index >= 15 is 0 Å². The lowest BCUT2D eigenvalue weighted by Gasteiger charge is -2.28. The molecule has 0 saturated heterocycles. The minimum Gasteiger partial charge on any atom is -0.456 e. The van der Waals surface area contributed by atoms with Crippen LogP contribution in [0.1, 0.15) is 43.0 Å². The molecule has 1 aliphatic rings. The van der Waals surface area contributed by atoms with Gasteiger partial charge in [-0.1, -0.05) is 12.2 Å². The predicted octanol–water partition coefficient (Wildman–Crippen LogP) is 3.55. The quantitative estimate of drug-likeness (QED) is 0.363. The summed E-state index contributed by atoms with van der Waals surface area (Å²) in [4.78, 5) is 32.5. The molecule has 0 bridgehead atoms. The van der Waals surface area contributed by atoms with Gasteiger partial charge in [0.05, 0.1) is 21.5 Å². The molecule has 0 spiro atoms. The number of carbonyl (C=O) groups excluding carboxylic acids is 1. The molecular formula is C15H16N2O6. The highest BCUT2D eigenvalue weighted by Gasteiger charge is 2.30. The summed E-state index contributed by atoms with van der Waals surface area (Å²) >= 11 is 0. The summed E-state index contributed by atoms with van der Waals surface area (Å²) in [6.07, 6.45) is 6.81. The van der Waals surface area contributed by atoms with Crippen molar-refractivity contribution in [3.8, 4) is 0 Å². The zero-order chi connectivity index (χ0) is 17.0. The Morgan fingerprint density at radius 1 is 1.04 bits per heavy atom. The molecule has 8 nitrogen and oxygen atoms in total. The van der Waals surface area contributed by atoms with Crippen LogP contribution in [0.4, 0.5) is 11.4 Å². The third-order valence-corrected chi connectivity index (χ3v) is 3.75. The molecule has 0 aromatic heterocycles. The first-order valence-electron chi connectivity index (χ1n) is 7.13. The molecule has 0 atom stereocenters. The SMILES string of the molecule is CC1(OC(=O)c2cc([N+](=O)[O-])cc([N+](=O)[O-])c2)CCC=CCC1. The van der Waals surface area contributed by atoms with Crippen LogP contribution in [0.3, 0.4) is 0 Å². The highest BCUT2D eigenvalue weighted by Crippen LogP contribution is 2.30. The van der Waals surface area contributed by atoms with E-state index in [1.54, 1.807) is 6.92 Å². The zero-order valence-corrected chi connectivity index (χ0v) is 12.6. The Morgan fingerprint density at radius 2 is 1.52 bits per heavy atom. The average Bonchev–Trinajstić information content (AvgIpc) is 2.71. The summed E-state index contributed by atoms with van der Waals surface area (Å²) in [6.45, 7) is 1.80. The minimum atomic E-state index is -0.791. The van der Waals surface area contributed by atoms with Gasteiger partial charge in [-0.2, -0.15) is 0 Å². The van der Waals surface area contributed by atoms with Crippen molar-refractivity contribution in [3.63, 3.8) is 0 Å². The van der Waals surface area contributed by atoms with E-state index in [-0.39, 0.29) is 5.56 Å². The first kappa shape index (κ1) is 16.6. The monoisotopic (exact) mass is 320 g/mol. The summed E-state index contributed by atoms with van der Waals surface area (Å²) in [5.41, 5.74) is -1.91. The number of non-ortho nitro benzene ring substituents is 2. The Labute approximate surface area is 132 Å². The van der Waals surface area contributed by atoms with Crippen LogP contribution in [0, 0.1) is 20.2 Å². The molecule has 0 fully saturated rings. The normalized spacial score (nSPS) is 16.4. The standard InChI is InChI=1S/C15H16N2O6/c1-15(6-4-2-3-5-7-15)23-14(18)11-8-12(16(19)20)10-13(9-11)17(21)22/h2-3,8-10H,4-7H2,1H3. The Bertz CT molecular complexity index is 640. The molecule has 1 aliphatic carbocycles. The molecule has 0 heterocycles. The smallest absolute Gasteiger partial charge is 0.339 e. The summed E-state index contributed by atoms with van der Waals surface area (Å²) in [5, 5.41) is 21.7. The fourth-order valence-electron chi connectivity index (χ4n) is 2.45.